The van der Waals surface area contributed by atoms with Crippen LogP contribution >= 0.6 is 23.3 Å². The van der Waals surface area contributed by atoms with Gasteiger partial charge in [0.05, 0.1) is 0 Å². The Morgan fingerprint density at radius 1 is 1.50 bits per heavy atom. The number of nitrogens with zero attached hydrogens (tertiary/aromatic N) is 3. The molecule has 1 aromatic rings. The van der Waals surface area contributed by atoms with Crippen molar-refractivity contribution in [3.05, 3.63) is 5.82 Å². The van der Waals surface area contributed by atoms with E-state index < -0.39 is 0 Å². The largest absolute Gasteiger partial charge is 0.346 e. The maximum Gasteiger partial charge on any atom is 0.205 e. The molecule has 2 rings (SSSR count). The Morgan fingerprint density at radius 2 is 2.38 bits per heavy atom. The molecule has 1 unspecified atom stereocenters. The zero-order valence-electron chi connectivity index (χ0n) is 9.98. The molecule has 0 bridgehead atoms. The molecule has 0 radical (unpaired) electrons. The maximum atomic E-state index is 4.59. The van der Waals surface area contributed by atoms with Crippen molar-refractivity contribution >= 4 is 28.4 Å². The average molecular weight is 257 g/mol. The Bertz CT molecular complexity index is 327. The van der Waals surface area contributed by atoms with Gasteiger partial charge in [0.1, 0.15) is 5.82 Å². The molecule has 0 saturated carbocycles. The number of rotatable bonds is 3. The highest BCUT2D eigenvalue weighted by Gasteiger charge is 2.20. The summed E-state index contributed by atoms with van der Waals surface area (Å²) in [5.41, 5.74) is 0. The van der Waals surface area contributed by atoms with Crippen LogP contribution in [0.2, 0.25) is 0 Å². The van der Waals surface area contributed by atoms with E-state index in [-0.39, 0.29) is 0 Å². The molecule has 1 atom stereocenters. The van der Waals surface area contributed by atoms with Crippen molar-refractivity contribution in [2.75, 3.05) is 24.2 Å². The molecule has 1 aliphatic heterocycles. The first-order chi connectivity index (χ1) is 7.83. The minimum Gasteiger partial charge on any atom is -0.346 e. The van der Waals surface area contributed by atoms with E-state index in [1.165, 1.54) is 19.3 Å². The smallest absolute Gasteiger partial charge is 0.205 e. The molecule has 0 spiro atoms. The van der Waals surface area contributed by atoms with Crippen molar-refractivity contribution in [3.63, 3.8) is 0 Å². The van der Waals surface area contributed by atoms with Gasteiger partial charge < -0.3 is 4.90 Å². The molecule has 1 aliphatic rings. The van der Waals surface area contributed by atoms with Gasteiger partial charge in [-0.3, -0.25) is 0 Å². The lowest BCUT2D eigenvalue weighted by molar-refractivity contribution is 0.736. The van der Waals surface area contributed by atoms with E-state index in [9.17, 15) is 0 Å². The fourth-order valence-electron chi connectivity index (χ4n) is 1.99. The van der Waals surface area contributed by atoms with Crippen molar-refractivity contribution in [3.8, 4) is 0 Å². The van der Waals surface area contributed by atoms with E-state index in [0.717, 1.165) is 35.7 Å². The van der Waals surface area contributed by atoms with Crippen LogP contribution in [0, 0.1) is 0 Å². The summed E-state index contributed by atoms with van der Waals surface area (Å²) in [6.07, 6.45) is 7.14. The second-order valence-corrected chi connectivity index (χ2v) is 6.01. The summed E-state index contributed by atoms with van der Waals surface area (Å²) in [4.78, 5) is 7.01. The second kappa shape index (κ2) is 5.87. The van der Waals surface area contributed by atoms with Gasteiger partial charge in [-0.2, -0.15) is 16.1 Å². The fraction of sp³-hybridized carbons (Fsp3) is 0.818. The van der Waals surface area contributed by atoms with Gasteiger partial charge in [-0.25, -0.2) is 4.98 Å². The number of hydrogen-bond acceptors (Lipinski definition) is 5. The predicted octanol–water partition coefficient (Wildman–Crippen LogP) is 2.82. The Hall–Kier alpha value is -0.290. The molecule has 90 valence electrons. The third kappa shape index (κ3) is 2.88. The third-order valence-electron chi connectivity index (χ3n) is 3.01. The Morgan fingerprint density at radius 3 is 3.06 bits per heavy atom. The van der Waals surface area contributed by atoms with Crippen LogP contribution in [0.3, 0.4) is 0 Å². The van der Waals surface area contributed by atoms with E-state index in [4.69, 9.17) is 0 Å². The first-order valence-electron chi connectivity index (χ1n) is 5.93. The molecule has 0 amide bonds. The number of thioether (sulfide) groups is 1. The van der Waals surface area contributed by atoms with Crippen molar-refractivity contribution in [2.24, 2.45) is 0 Å². The zero-order valence-corrected chi connectivity index (χ0v) is 11.6. The second-order valence-electron chi connectivity index (χ2n) is 4.15. The van der Waals surface area contributed by atoms with Crippen LogP contribution in [-0.2, 0) is 6.42 Å². The predicted molar refractivity (Wildman–Crippen MR) is 72.7 cm³/mol. The quantitative estimate of drug-likeness (QED) is 0.832. The number of hydrogen-bond donors (Lipinski definition) is 0. The van der Waals surface area contributed by atoms with E-state index in [2.05, 4.69) is 27.4 Å². The standard InChI is InChI=1S/C11H19N3S2/c1-3-10-12-11(16-13-10)14-7-5-4-6-9(8-14)15-2/h9H,3-8H2,1-2H3. The normalized spacial score (nSPS) is 22.1. The van der Waals surface area contributed by atoms with Crippen LogP contribution in [0.25, 0.3) is 0 Å². The monoisotopic (exact) mass is 257 g/mol. The number of anilines is 1. The molecular weight excluding hydrogens is 238 g/mol. The minimum absolute atomic E-state index is 0.761. The molecular formula is C11H19N3S2. The molecule has 16 heavy (non-hydrogen) atoms. The zero-order chi connectivity index (χ0) is 11.4. The first kappa shape index (κ1) is 12.2. The van der Waals surface area contributed by atoms with Crippen LogP contribution < -0.4 is 4.90 Å². The van der Waals surface area contributed by atoms with Gasteiger partial charge in [0, 0.05) is 36.3 Å². The third-order valence-corrected chi connectivity index (χ3v) is 4.87. The van der Waals surface area contributed by atoms with E-state index in [1.807, 2.05) is 11.8 Å². The first-order valence-corrected chi connectivity index (χ1v) is 8.00. The summed E-state index contributed by atoms with van der Waals surface area (Å²) >= 11 is 3.54. The number of aromatic nitrogens is 2. The lowest BCUT2D eigenvalue weighted by atomic mass is 10.2. The molecule has 5 heteroatoms. The van der Waals surface area contributed by atoms with Crippen molar-refractivity contribution in [2.45, 2.75) is 37.9 Å². The molecule has 1 aromatic heterocycles. The van der Waals surface area contributed by atoms with Crippen LogP contribution in [-0.4, -0.2) is 34.0 Å². The highest BCUT2D eigenvalue weighted by molar-refractivity contribution is 7.99. The highest BCUT2D eigenvalue weighted by atomic mass is 32.2. The highest BCUT2D eigenvalue weighted by Crippen LogP contribution is 2.25. The van der Waals surface area contributed by atoms with Gasteiger partial charge in [-0.05, 0) is 19.1 Å². The van der Waals surface area contributed by atoms with Crippen molar-refractivity contribution in [1.29, 1.82) is 0 Å². The molecule has 2 heterocycles. The summed E-state index contributed by atoms with van der Waals surface area (Å²) in [5.74, 6) is 0.991. The van der Waals surface area contributed by atoms with Crippen LogP contribution in [0.5, 0.6) is 0 Å². The van der Waals surface area contributed by atoms with Crippen LogP contribution in [0.1, 0.15) is 32.0 Å². The van der Waals surface area contributed by atoms with Crippen molar-refractivity contribution < 1.29 is 0 Å². The summed E-state index contributed by atoms with van der Waals surface area (Å²) in [7, 11) is 0. The van der Waals surface area contributed by atoms with E-state index in [1.54, 1.807) is 11.5 Å². The lowest BCUT2D eigenvalue weighted by Gasteiger charge is -2.22. The fourth-order valence-corrected chi connectivity index (χ4v) is 3.50. The maximum absolute atomic E-state index is 4.59. The van der Waals surface area contributed by atoms with Crippen LogP contribution in [0.4, 0.5) is 5.13 Å². The van der Waals surface area contributed by atoms with Gasteiger partial charge in [0.25, 0.3) is 0 Å². The molecule has 1 saturated heterocycles. The molecule has 1 fully saturated rings. The van der Waals surface area contributed by atoms with Crippen molar-refractivity contribution in [1.82, 2.24) is 9.36 Å². The summed E-state index contributed by atoms with van der Waals surface area (Å²) in [6.45, 7) is 4.40. The Balaban J connectivity index is 2.06. The van der Waals surface area contributed by atoms with Gasteiger partial charge in [0.15, 0.2) is 0 Å². The minimum atomic E-state index is 0.761. The average Bonchev–Trinajstić information content (AvgIpc) is 2.67. The Kier molecular flexibility index (Phi) is 4.46. The summed E-state index contributed by atoms with van der Waals surface area (Å²) in [5, 5.41) is 1.88. The van der Waals surface area contributed by atoms with Crippen LogP contribution in [0.15, 0.2) is 0 Å². The van der Waals surface area contributed by atoms with Gasteiger partial charge in [-0.15, -0.1) is 0 Å². The number of aryl methyl sites for hydroxylation is 1. The molecule has 0 aromatic carbocycles. The van der Waals surface area contributed by atoms with Gasteiger partial charge in [-0.1, -0.05) is 13.3 Å². The molecule has 3 nitrogen and oxygen atoms in total. The van der Waals surface area contributed by atoms with Gasteiger partial charge >= 0.3 is 0 Å². The molecule has 0 N–H and O–H groups in total. The summed E-state index contributed by atoms with van der Waals surface area (Å²) < 4.78 is 4.37. The van der Waals surface area contributed by atoms with E-state index in [0.29, 0.717) is 0 Å². The van der Waals surface area contributed by atoms with E-state index >= 15 is 0 Å². The Labute approximate surface area is 106 Å². The lowest BCUT2D eigenvalue weighted by Crippen LogP contribution is -2.29. The van der Waals surface area contributed by atoms with Gasteiger partial charge in [0.2, 0.25) is 5.13 Å². The SMILES string of the molecule is CCc1nsc(N2CCCCC(SC)C2)n1. The topological polar surface area (TPSA) is 29.0 Å². The summed E-state index contributed by atoms with van der Waals surface area (Å²) in [6, 6.07) is 0. The molecule has 0 aliphatic carbocycles.